The maximum Gasteiger partial charge on any atom is 0.130 e. The van der Waals surface area contributed by atoms with Gasteiger partial charge in [-0.05, 0) is 38.5 Å². The molecule has 0 spiro atoms. The molecule has 0 radical (unpaired) electrons. The molecule has 2 N–H and O–H groups in total. The van der Waals surface area contributed by atoms with Gasteiger partial charge in [-0.2, -0.15) is 0 Å². The highest BCUT2D eigenvalue weighted by Crippen LogP contribution is 2.32. The lowest BCUT2D eigenvalue weighted by molar-refractivity contribution is -0.114. The van der Waals surface area contributed by atoms with Gasteiger partial charge in [-0.25, -0.2) is 0 Å². The molecule has 3 heteroatoms. The molecule has 110 valence electrons. The largest absolute Gasteiger partial charge is 0.467 e. The van der Waals surface area contributed by atoms with E-state index in [9.17, 15) is 4.79 Å². The number of furan rings is 1. The lowest BCUT2D eigenvalue weighted by Gasteiger charge is -2.26. The summed E-state index contributed by atoms with van der Waals surface area (Å²) in [5, 5.41) is 0. The first-order valence-corrected chi connectivity index (χ1v) is 7.14. The first-order valence-electron chi connectivity index (χ1n) is 7.14. The number of unbranched alkanes of at least 4 members (excludes halogenated alkanes) is 1. The molecule has 1 unspecified atom stereocenters. The standard InChI is InChI=1S/C11H17NO.C6H8O/c1-2-3-6-11(9-13)7-4-5-10(12)8-11;1-5-3-4-6(2)7-5/h4-5,7,9H,2-3,6,8,12H2,1H3;3-4H,1-2H3. The molecule has 0 aliphatic heterocycles. The van der Waals surface area contributed by atoms with Crippen molar-refractivity contribution >= 4 is 6.29 Å². The van der Waals surface area contributed by atoms with E-state index in [2.05, 4.69) is 6.92 Å². The number of rotatable bonds is 4. The Bertz CT molecular complexity index is 468. The second-order valence-corrected chi connectivity index (χ2v) is 5.39. The third-order valence-corrected chi connectivity index (χ3v) is 3.38. The van der Waals surface area contributed by atoms with E-state index in [0.29, 0.717) is 6.42 Å². The molecule has 0 saturated carbocycles. The van der Waals surface area contributed by atoms with Crippen molar-refractivity contribution in [3.05, 3.63) is 47.6 Å². The molecule has 1 aliphatic carbocycles. The van der Waals surface area contributed by atoms with E-state index in [1.807, 2.05) is 44.2 Å². The fourth-order valence-electron chi connectivity index (χ4n) is 2.24. The third kappa shape index (κ3) is 5.08. The van der Waals surface area contributed by atoms with Crippen molar-refractivity contribution in [3.8, 4) is 0 Å². The molecule has 20 heavy (non-hydrogen) atoms. The molecule has 1 heterocycles. The molecule has 1 aromatic heterocycles. The van der Waals surface area contributed by atoms with Crippen molar-refractivity contribution in [1.29, 1.82) is 0 Å². The smallest absolute Gasteiger partial charge is 0.130 e. The minimum Gasteiger partial charge on any atom is -0.467 e. The summed E-state index contributed by atoms with van der Waals surface area (Å²) in [6.07, 6.45) is 10.6. The summed E-state index contributed by atoms with van der Waals surface area (Å²) in [5.74, 6) is 1.97. The first-order chi connectivity index (χ1) is 9.51. The Kier molecular flexibility index (Phi) is 6.29. The lowest BCUT2D eigenvalue weighted by atomic mass is 9.78. The second kappa shape index (κ2) is 7.73. The van der Waals surface area contributed by atoms with Gasteiger partial charge in [0.25, 0.3) is 0 Å². The molecular formula is C17H25NO2. The van der Waals surface area contributed by atoms with Gasteiger partial charge in [0, 0.05) is 17.5 Å². The fraction of sp³-hybridized carbons (Fsp3) is 0.471. The van der Waals surface area contributed by atoms with Gasteiger partial charge in [-0.1, -0.05) is 31.9 Å². The zero-order chi connectivity index (χ0) is 15.0. The number of nitrogens with two attached hydrogens (primary N) is 1. The van der Waals surface area contributed by atoms with Crippen molar-refractivity contribution in [1.82, 2.24) is 0 Å². The second-order valence-electron chi connectivity index (χ2n) is 5.39. The van der Waals surface area contributed by atoms with Crippen molar-refractivity contribution in [3.63, 3.8) is 0 Å². The Balaban J connectivity index is 0.000000240. The summed E-state index contributed by atoms with van der Waals surface area (Å²) in [4.78, 5) is 11.0. The van der Waals surface area contributed by atoms with Crippen LogP contribution in [0.5, 0.6) is 0 Å². The van der Waals surface area contributed by atoms with Crippen LogP contribution in [0.15, 0.2) is 40.5 Å². The monoisotopic (exact) mass is 275 g/mol. The van der Waals surface area contributed by atoms with Crippen molar-refractivity contribution in [2.75, 3.05) is 0 Å². The number of aldehydes is 1. The van der Waals surface area contributed by atoms with Crippen LogP contribution in [0.25, 0.3) is 0 Å². The van der Waals surface area contributed by atoms with Gasteiger partial charge in [0.1, 0.15) is 17.8 Å². The summed E-state index contributed by atoms with van der Waals surface area (Å²) in [7, 11) is 0. The predicted molar refractivity (Wildman–Crippen MR) is 82.2 cm³/mol. The van der Waals surface area contributed by atoms with E-state index in [1.165, 1.54) is 0 Å². The topological polar surface area (TPSA) is 56.2 Å². The molecule has 0 bridgehead atoms. The average molecular weight is 275 g/mol. The van der Waals surface area contributed by atoms with Crippen LogP contribution in [0.1, 0.15) is 44.1 Å². The van der Waals surface area contributed by atoms with Crippen LogP contribution in [0.3, 0.4) is 0 Å². The maximum atomic E-state index is 11.0. The summed E-state index contributed by atoms with van der Waals surface area (Å²) >= 11 is 0. The highest BCUT2D eigenvalue weighted by atomic mass is 16.3. The van der Waals surface area contributed by atoms with E-state index in [4.69, 9.17) is 10.2 Å². The van der Waals surface area contributed by atoms with Gasteiger partial charge in [-0.3, -0.25) is 0 Å². The highest BCUT2D eigenvalue weighted by molar-refractivity contribution is 5.64. The molecule has 1 atom stereocenters. The third-order valence-electron chi connectivity index (χ3n) is 3.38. The number of allylic oxidation sites excluding steroid dienone is 4. The van der Waals surface area contributed by atoms with Crippen LogP contribution in [-0.2, 0) is 4.79 Å². The number of carbonyl (C=O) groups excluding carboxylic acids is 1. The number of aryl methyl sites for hydroxylation is 2. The van der Waals surface area contributed by atoms with Crippen LogP contribution >= 0.6 is 0 Å². The minimum absolute atomic E-state index is 0.311. The maximum absolute atomic E-state index is 11.0. The minimum atomic E-state index is -0.311. The van der Waals surface area contributed by atoms with Crippen LogP contribution < -0.4 is 5.73 Å². The Morgan fingerprint density at radius 3 is 2.40 bits per heavy atom. The van der Waals surface area contributed by atoms with Crippen LogP contribution in [0.4, 0.5) is 0 Å². The molecule has 2 rings (SSSR count). The lowest BCUT2D eigenvalue weighted by Crippen LogP contribution is -2.24. The zero-order valence-electron chi connectivity index (χ0n) is 12.7. The zero-order valence-corrected chi connectivity index (χ0v) is 12.7. The van der Waals surface area contributed by atoms with E-state index in [0.717, 1.165) is 42.8 Å². The van der Waals surface area contributed by atoms with Crippen molar-refractivity contribution in [2.45, 2.75) is 46.5 Å². The van der Waals surface area contributed by atoms with E-state index in [1.54, 1.807) is 0 Å². The first kappa shape index (κ1) is 16.3. The Morgan fingerprint density at radius 1 is 1.35 bits per heavy atom. The molecule has 0 saturated heterocycles. The highest BCUT2D eigenvalue weighted by Gasteiger charge is 2.27. The molecule has 0 amide bonds. The average Bonchev–Trinajstić information content (AvgIpc) is 2.81. The Morgan fingerprint density at radius 2 is 2.00 bits per heavy atom. The summed E-state index contributed by atoms with van der Waals surface area (Å²) in [6, 6.07) is 3.91. The van der Waals surface area contributed by atoms with E-state index < -0.39 is 0 Å². The SMILES string of the molecule is CCCCC1(C=O)C=CC=C(N)C1.Cc1ccc(C)o1. The molecule has 0 aromatic carbocycles. The Hall–Kier alpha value is -1.77. The normalized spacial score (nSPS) is 20.9. The summed E-state index contributed by atoms with van der Waals surface area (Å²) in [5.41, 5.74) is 6.21. The molecule has 1 aromatic rings. The summed E-state index contributed by atoms with van der Waals surface area (Å²) in [6.45, 7) is 6.00. The van der Waals surface area contributed by atoms with E-state index in [-0.39, 0.29) is 5.41 Å². The molecule has 0 fully saturated rings. The summed E-state index contributed by atoms with van der Waals surface area (Å²) < 4.78 is 5.08. The fourth-order valence-corrected chi connectivity index (χ4v) is 2.24. The quantitative estimate of drug-likeness (QED) is 0.843. The number of carbonyl (C=O) groups is 1. The number of hydrogen-bond donors (Lipinski definition) is 1. The van der Waals surface area contributed by atoms with Gasteiger partial charge < -0.3 is 14.9 Å². The van der Waals surface area contributed by atoms with Crippen molar-refractivity contribution in [2.24, 2.45) is 11.1 Å². The van der Waals surface area contributed by atoms with E-state index >= 15 is 0 Å². The molecule has 3 nitrogen and oxygen atoms in total. The van der Waals surface area contributed by atoms with Gasteiger partial charge in [0.05, 0.1) is 0 Å². The molecular weight excluding hydrogens is 250 g/mol. The van der Waals surface area contributed by atoms with Gasteiger partial charge >= 0.3 is 0 Å². The molecule has 1 aliphatic rings. The van der Waals surface area contributed by atoms with Gasteiger partial charge in [-0.15, -0.1) is 0 Å². The van der Waals surface area contributed by atoms with Crippen LogP contribution in [-0.4, -0.2) is 6.29 Å². The van der Waals surface area contributed by atoms with Crippen molar-refractivity contribution < 1.29 is 9.21 Å². The van der Waals surface area contributed by atoms with Gasteiger partial charge in [0.2, 0.25) is 0 Å². The van der Waals surface area contributed by atoms with Gasteiger partial charge in [0.15, 0.2) is 0 Å². The van der Waals surface area contributed by atoms with Crippen LogP contribution in [0.2, 0.25) is 0 Å². The number of hydrogen-bond acceptors (Lipinski definition) is 3. The Labute approximate surface area is 121 Å². The van der Waals surface area contributed by atoms with Crippen LogP contribution in [0, 0.1) is 19.3 Å². The predicted octanol–water partition coefficient (Wildman–Crippen LogP) is 4.06.